The molecule has 2 rings (SSSR count). The average Bonchev–Trinajstić information content (AvgIpc) is 3.15. The SMILES string of the molecule is C#CCN(CC1CC1)S(=O)(=O)c1cc(Cl)ccc1N. The number of halogens is 1. The quantitative estimate of drug-likeness (QED) is 0.667. The van der Waals surface area contributed by atoms with E-state index in [2.05, 4.69) is 5.92 Å². The molecule has 6 heteroatoms. The normalized spacial score (nSPS) is 15.4. The summed E-state index contributed by atoms with van der Waals surface area (Å²) in [4.78, 5) is 0.0240. The number of terminal acetylenes is 1. The van der Waals surface area contributed by atoms with Gasteiger partial charge in [0.1, 0.15) is 4.90 Å². The van der Waals surface area contributed by atoms with Crippen molar-refractivity contribution in [3.8, 4) is 12.3 Å². The number of anilines is 1. The topological polar surface area (TPSA) is 63.4 Å². The number of sulfonamides is 1. The fourth-order valence-electron chi connectivity index (χ4n) is 1.81. The number of hydrogen-bond acceptors (Lipinski definition) is 3. The molecule has 0 aliphatic heterocycles. The maximum atomic E-state index is 12.6. The Labute approximate surface area is 118 Å². The lowest BCUT2D eigenvalue weighted by molar-refractivity contribution is 0.430. The first-order chi connectivity index (χ1) is 8.95. The Balaban J connectivity index is 2.37. The molecule has 0 atom stereocenters. The van der Waals surface area contributed by atoms with Crippen molar-refractivity contribution in [1.29, 1.82) is 0 Å². The predicted molar refractivity (Wildman–Crippen MR) is 76.2 cm³/mol. The van der Waals surface area contributed by atoms with E-state index in [1.807, 2.05) is 0 Å². The fourth-order valence-corrected chi connectivity index (χ4v) is 3.62. The van der Waals surface area contributed by atoms with Crippen LogP contribution in [0, 0.1) is 18.3 Å². The highest BCUT2D eigenvalue weighted by Crippen LogP contribution is 2.33. The highest BCUT2D eigenvalue weighted by molar-refractivity contribution is 7.89. The summed E-state index contributed by atoms with van der Waals surface area (Å²) in [5, 5.41) is 0.333. The van der Waals surface area contributed by atoms with Gasteiger partial charge in [0.05, 0.1) is 12.2 Å². The van der Waals surface area contributed by atoms with Crippen molar-refractivity contribution in [2.24, 2.45) is 5.92 Å². The zero-order valence-corrected chi connectivity index (χ0v) is 11.9. The molecule has 0 unspecified atom stereocenters. The third kappa shape index (κ3) is 3.21. The summed E-state index contributed by atoms with van der Waals surface area (Å²) in [5.41, 5.74) is 5.92. The summed E-state index contributed by atoms with van der Waals surface area (Å²) in [7, 11) is -3.69. The molecule has 1 aliphatic carbocycles. The Hall–Kier alpha value is -1.22. The van der Waals surface area contributed by atoms with Crippen molar-refractivity contribution in [1.82, 2.24) is 4.31 Å². The number of benzene rings is 1. The van der Waals surface area contributed by atoms with Crippen LogP contribution < -0.4 is 5.73 Å². The first-order valence-electron chi connectivity index (χ1n) is 5.94. The molecule has 0 bridgehead atoms. The third-order valence-electron chi connectivity index (χ3n) is 3.02. The van der Waals surface area contributed by atoms with Crippen molar-refractivity contribution < 1.29 is 8.42 Å². The van der Waals surface area contributed by atoms with Crippen LogP contribution in [-0.2, 0) is 10.0 Å². The van der Waals surface area contributed by atoms with Gasteiger partial charge in [-0.3, -0.25) is 0 Å². The van der Waals surface area contributed by atoms with Gasteiger partial charge in [0.2, 0.25) is 10.0 Å². The van der Waals surface area contributed by atoms with E-state index < -0.39 is 10.0 Å². The van der Waals surface area contributed by atoms with Crippen LogP contribution in [0.1, 0.15) is 12.8 Å². The summed E-state index contributed by atoms with van der Waals surface area (Å²) in [6, 6.07) is 4.41. The average molecular weight is 299 g/mol. The van der Waals surface area contributed by atoms with Gasteiger partial charge in [-0.25, -0.2) is 8.42 Å². The van der Waals surface area contributed by atoms with Crippen LogP contribution in [0.4, 0.5) is 5.69 Å². The van der Waals surface area contributed by atoms with Gasteiger partial charge in [0.25, 0.3) is 0 Å². The Kier molecular flexibility index (Phi) is 4.04. The van der Waals surface area contributed by atoms with Crippen molar-refractivity contribution in [3.05, 3.63) is 23.2 Å². The highest BCUT2D eigenvalue weighted by Gasteiger charge is 2.32. The van der Waals surface area contributed by atoms with Crippen LogP contribution in [0.3, 0.4) is 0 Å². The largest absolute Gasteiger partial charge is 0.398 e. The Morgan fingerprint density at radius 3 is 2.74 bits per heavy atom. The minimum absolute atomic E-state index is 0.0240. The number of nitrogen functional groups attached to an aromatic ring is 1. The third-order valence-corrected chi connectivity index (χ3v) is 5.12. The van der Waals surface area contributed by atoms with Crippen molar-refractivity contribution in [2.45, 2.75) is 17.7 Å². The zero-order chi connectivity index (χ0) is 14.0. The van der Waals surface area contributed by atoms with Gasteiger partial charge in [0.15, 0.2) is 0 Å². The van der Waals surface area contributed by atoms with E-state index in [0.29, 0.717) is 17.5 Å². The molecule has 0 saturated heterocycles. The van der Waals surface area contributed by atoms with Gasteiger partial charge < -0.3 is 5.73 Å². The molecule has 2 N–H and O–H groups in total. The van der Waals surface area contributed by atoms with Crippen LogP contribution in [0.25, 0.3) is 0 Å². The molecule has 1 saturated carbocycles. The molecule has 0 heterocycles. The molecule has 0 radical (unpaired) electrons. The molecule has 0 spiro atoms. The monoisotopic (exact) mass is 298 g/mol. The van der Waals surface area contributed by atoms with Gasteiger partial charge in [-0.1, -0.05) is 17.5 Å². The first kappa shape index (κ1) is 14.2. The van der Waals surface area contributed by atoms with E-state index in [-0.39, 0.29) is 17.1 Å². The minimum atomic E-state index is -3.69. The summed E-state index contributed by atoms with van der Waals surface area (Å²) >= 11 is 5.84. The number of rotatable bonds is 5. The van der Waals surface area contributed by atoms with E-state index >= 15 is 0 Å². The predicted octanol–water partition coefficient (Wildman–Crippen LogP) is 1.96. The fraction of sp³-hybridized carbons (Fsp3) is 0.385. The molecule has 19 heavy (non-hydrogen) atoms. The van der Waals surface area contributed by atoms with Crippen LogP contribution in [-0.4, -0.2) is 25.8 Å². The van der Waals surface area contributed by atoms with Gasteiger partial charge in [-0.05, 0) is 37.0 Å². The Morgan fingerprint density at radius 2 is 2.16 bits per heavy atom. The molecule has 1 aromatic rings. The molecule has 1 aromatic carbocycles. The van der Waals surface area contributed by atoms with E-state index in [1.54, 1.807) is 6.07 Å². The van der Waals surface area contributed by atoms with Crippen LogP contribution >= 0.6 is 11.6 Å². The first-order valence-corrected chi connectivity index (χ1v) is 7.75. The van der Waals surface area contributed by atoms with E-state index in [4.69, 9.17) is 23.8 Å². The van der Waals surface area contributed by atoms with E-state index in [0.717, 1.165) is 12.8 Å². The second-order valence-electron chi connectivity index (χ2n) is 4.63. The molecule has 4 nitrogen and oxygen atoms in total. The molecular weight excluding hydrogens is 284 g/mol. The Morgan fingerprint density at radius 1 is 1.47 bits per heavy atom. The van der Waals surface area contributed by atoms with Gasteiger partial charge in [-0.15, -0.1) is 6.42 Å². The molecule has 0 amide bonds. The van der Waals surface area contributed by atoms with Crippen LogP contribution in [0.2, 0.25) is 5.02 Å². The Bertz CT molecular complexity index is 618. The van der Waals surface area contributed by atoms with Crippen molar-refractivity contribution in [3.63, 3.8) is 0 Å². The minimum Gasteiger partial charge on any atom is -0.398 e. The lowest BCUT2D eigenvalue weighted by atomic mass is 10.3. The molecule has 102 valence electrons. The standard InChI is InChI=1S/C13H15ClN2O2S/c1-2-7-16(9-10-3-4-10)19(17,18)13-8-11(14)5-6-12(13)15/h1,5-6,8,10H,3-4,7,9,15H2. The second kappa shape index (κ2) is 5.41. The molecule has 1 fully saturated rings. The number of nitrogens with zero attached hydrogens (tertiary/aromatic N) is 1. The maximum Gasteiger partial charge on any atom is 0.246 e. The van der Waals surface area contributed by atoms with Crippen LogP contribution in [0.5, 0.6) is 0 Å². The molecular formula is C13H15ClN2O2S. The maximum absolute atomic E-state index is 12.6. The molecule has 0 aromatic heterocycles. The van der Waals surface area contributed by atoms with Gasteiger partial charge >= 0.3 is 0 Å². The lowest BCUT2D eigenvalue weighted by Crippen LogP contribution is -2.33. The van der Waals surface area contributed by atoms with Gasteiger partial charge in [-0.2, -0.15) is 4.31 Å². The smallest absolute Gasteiger partial charge is 0.246 e. The summed E-state index contributed by atoms with van der Waals surface area (Å²) in [6.45, 7) is 0.489. The molecule has 1 aliphatic rings. The van der Waals surface area contributed by atoms with E-state index in [1.165, 1.54) is 16.4 Å². The lowest BCUT2D eigenvalue weighted by Gasteiger charge is -2.20. The van der Waals surface area contributed by atoms with Crippen molar-refractivity contribution >= 4 is 27.3 Å². The van der Waals surface area contributed by atoms with Crippen molar-refractivity contribution in [2.75, 3.05) is 18.8 Å². The summed E-state index contributed by atoms with van der Waals surface area (Å²) in [6.07, 6.45) is 7.34. The van der Waals surface area contributed by atoms with Gasteiger partial charge in [0, 0.05) is 11.6 Å². The van der Waals surface area contributed by atoms with E-state index in [9.17, 15) is 8.42 Å². The number of nitrogens with two attached hydrogens (primary N) is 1. The van der Waals surface area contributed by atoms with Crippen LogP contribution in [0.15, 0.2) is 23.1 Å². The highest BCUT2D eigenvalue weighted by atomic mass is 35.5. The number of hydrogen-bond donors (Lipinski definition) is 1. The summed E-state index contributed by atoms with van der Waals surface area (Å²) < 4.78 is 26.4. The second-order valence-corrected chi connectivity index (χ2v) is 6.97. The summed E-state index contributed by atoms with van der Waals surface area (Å²) in [5.74, 6) is 2.79. The zero-order valence-electron chi connectivity index (χ0n) is 10.3.